The van der Waals surface area contributed by atoms with Crippen molar-refractivity contribution in [1.82, 2.24) is 0 Å². The van der Waals surface area contributed by atoms with Crippen LogP contribution in [0.15, 0.2) is 75.7 Å². The summed E-state index contributed by atoms with van der Waals surface area (Å²) in [6.45, 7) is 0. The largest absolute Gasteiger partial charge is 0.503 e. The number of thiophene rings is 1. The number of nitrogens with zero attached hydrogens (tertiary/aromatic N) is 1. The number of aliphatic hydroxyl groups is 1. The van der Waals surface area contributed by atoms with E-state index in [1.54, 1.807) is 42.5 Å². The number of Topliss-reactive ketones (excluding diaryl/α,β-unsaturated/α-hetero) is 1. The van der Waals surface area contributed by atoms with E-state index >= 15 is 0 Å². The van der Waals surface area contributed by atoms with Crippen molar-refractivity contribution in [3.63, 3.8) is 0 Å². The van der Waals surface area contributed by atoms with Crippen LogP contribution in [0.3, 0.4) is 0 Å². The van der Waals surface area contributed by atoms with Gasteiger partial charge in [0.2, 0.25) is 5.78 Å². The highest BCUT2D eigenvalue weighted by atomic mass is 35.5. The second-order valence-electron chi connectivity index (χ2n) is 7.30. The SMILES string of the molecule is COc1cc(Cl)cc2cc(C(=O)C3=C(O)C(=O)N(c4ccc(Cl)cc4)C3c3cccs3)oc12. The van der Waals surface area contributed by atoms with E-state index in [9.17, 15) is 14.7 Å². The van der Waals surface area contributed by atoms with Crippen molar-refractivity contribution in [2.75, 3.05) is 12.0 Å². The molecule has 2 aromatic heterocycles. The van der Waals surface area contributed by atoms with E-state index in [-0.39, 0.29) is 11.3 Å². The lowest BCUT2D eigenvalue weighted by Gasteiger charge is -2.25. The molecule has 0 saturated carbocycles. The Balaban J connectivity index is 1.64. The molecule has 0 bridgehead atoms. The van der Waals surface area contributed by atoms with E-state index < -0.39 is 23.5 Å². The normalized spacial score (nSPS) is 16.2. The second kappa shape index (κ2) is 8.26. The van der Waals surface area contributed by atoms with Crippen LogP contribution < -0.4 is 9.64 Å². The van der Waals surface area contributed by atoms with Gasteiger partial charge in [-0.2, -0.15) is 0 Å². The van der Waals surface area contributed by atoms with Crippen molar-refractivity contribution < 1.29 is 23.8 Å². The number of hydrogen-bond acceptors (Lipinski definition) is 6. The first-order valence-electron chi connectivity index (χ1n) is 9.76. The zero-order valence-electron chi connectivity index (χ0n) is 17.0. The van der Waals surface area contributed by atoms with Gasteiger partial charge in [-0.15, -0.1) is 11.3 Å². The lowest BCUT2D eigenvalue weighted by molar-refractivity contribution is -0.117. The number of methoxy groups -OCH3 is 1. The lowest BCUT2D eigenvalue weighted by Crippen LogP contribution is -2.30. The van der Waals surface area contributed by atoms with Crippen molar-refractivity contribution in [3.05, 3.63) is 92.0 Å². The molecule has 0 radical (unpaired) electrons. The zero-order chi connectivity index (χ0) is 23.3. The summed E-state index contributed by atoms with van der Waals surface area (Å²) in [5.74, 6) is -1.59. The van der Waals surface area contributed by atoms with Gasteiger partial charge in [-0.1, -0.05) is 29.3 Å². The van der Waals surface area contributed by atoms with Crippen LogP contribution in [0, 0.1) is 0 Å². The third kappa shape index (κ3) is 3.58. The average Bonchev–Trinajstić information content (AvgIpc) is 3.53. The fourth-order valence-electron chi connectivity index (χ4n) is 3.90. The number of benzene rings is 2. The molecule has 1 aliphatic rings. The minimum Gasteiger partial charge on any atom is -0.503 e. The van der Waals surface area contributed by atoms with Gasteiger partial charge in [-0.05, 0) is 47.8 Å². The smallest absolute Gasteiger partial charge is 0.294 e. The summed E-state index contributed by atoms with van der Waals surface area (Å²) >= 11 is 13.5. The van der Waals surface area contributed by atoms with E-state index in [0.29, 0.717) is 37.3 Å². The second-order valence-corrected chi connectivity index (χ2v) is 9.15. The third-order valence-electron chi connectivity index (χ3n) is 5.36. The summed E-state index contributed by atoms with van der Waals surface area (Å²) in [7, 11) is 1.47. The zero-order valence-corrected chi connectivity index (χ0v) is 19.4. The summed E-state index contributed by atoms with van der Waals surface area (Å²) in [6, 6.07) is 14.1. The van der Waals surface area contributed by atoms with E-state index in [0.717, 1.165) is 0 Å². The predicted molar refractivity (Wildman–Crippen MR) is 128 cm³/mol. The van der Waals surface area contributed by atoms with Crippen molar-refractivity contribution in [3.8, 4) is 5.75 Å². The van der Waals surface area contributed by atoms with Crippen molar-refractivity contribution in [2.45, 2.75) is 6.04 Å². The van der Waals surface area contributed by atoms with E-state index in [1.807, 2.05) is 11.4 Å². The Hall–Kier alpha value is -3.26. The Morgan fingerprint density at radius 2 is 1.88 bits per heavy atom. The van der Waals surface area contributed by atoms with Gasteiger partial charge in [-0.3, -0.25) is 14.5 Å². The summed E-state index contributed by atoms with van der Waals surface area (Å²) in [4.78, 5) is 28.8. The molecule has 9 heteroatoms. The molecule has 3 heterocycles. The van der Waals surface area contributed by atoms with Crippen LogP contribution in [0.2, 0.25) is 10.0 Å². The molecule has 33 heavy (non-hydrogen) atoms. The Kier molecular flexibility index (Phi) is 5.40. The van der Waals surface area contributed by atoms with Crippen LogP contribution in [-0.2, 0) is 4.79 Å². The number of halogens is 2. The minimum absolute atomic E-state index is 0.0422. The number of furan rings is 1. The van der Waals surface area contributed by atoms with Gasteiger partial charge < -0.3 is 14.3 Å². The molecule has 0 spiro atoms. The van der Waals surface area contributed by atoms with Gasteiger partial charge in [0, 0.05) is 32.1 Å². The van der Waals surface area contributed by atoms with E-state index in [2.05, 4.69) is 0 Å². The van der Waals surface area contributed by atoms with Crippen LogP contribution >= 0.6 is 34.5 Å². The Bertz CT molecular complexity index is 1420. The monoisotopic (exact) mass is 499 g/mol. The van der Waals surface area contributed by atoms with Crippen LogP contribution in [0.5, 0.6) is 5.75 Å². The van der Waals surface area contributed by atoms with E-state index in [1.165, 1.54) is 29.4 Å². The minimum atomic E-state index is -0.829. The number of ketones is 1. The fraction of sp³-hybridized carbons (Fsp3) is 0.0833. The number of carbonyl (C=O) groups is 2. The van der Waals surface area contributed by atoms with E-state index in [4.69, 9.17) is 32.4 Å². The molecular formula is C24H15Cl2NO5S. The van der Waals surface area contributed by atoms with Crippen molar-refractivity contribution in [1.29, 1.82) is 0 Å². The summed E-state index contributed by atoms with van der Waals surface area (Å²) < 4.78 is 11.1. The van der Waals surface area contributed by atoms with Gasteiger partial charge >= 0.3 is 0 Å². The predicted octanol–water partition coefficient (Wildman–Crippen LogP) is 6.59. The fourth-order valence-corrected chi connectivity index (χ4v) is 5.07. The number of fused-ring (bicyclic) bond motifs is 1. The van der Waals surface area contributed by atoms with Gasteiger partial charge in [-0.25, -0.2) is 0 Å². The molecule has 1 amide bonds. The van der Waals surface area contributed by atoms with Crippen LogP contribution in [0.25, 0.3) is 11.0 Å². The highest BCUT2D eigenvalue weighted by Gasteiger charge is 2.45. The van der Waals surface area contributed by atoms with Gasteiger partial charge in [0.25, 0.3) is 5.91 Å². The maximum Gasteiger partial charge on any atom is 0.294 e. The van der Waals surface area contributed by atoms with Gasteiger partial charge in [0.1, 0.15) is 6.04 Å². The van der Waals surface area contributed by atoms with Gasteiger partial charge in [0.15, 0.2) is 22.9 Å². The molecule has 0 fully saturated rings. The summed E-state index contributed by atoms with van der Waals surface area (Å²) in [5.41, 5.74) is 0.772. The van der Waals surface area contributed by atoms with Crippen LogP contribution in [-0.4, -0.2) is 23.9 Å². The molecule has 5 rings (SSSR count). The molecule has 6 nitrogen and oxygen atoms in total. The first-order chi connectivity index (χ1) is 15.9. The molecule has 2 aromatic carbocycles. The maximum atomic E-state index is 13.6. The molecule has 0 aliphatic carbocycles. The molecule has 1 aliphatic heterocycles. The lowest BCUT2D eigenvalue weighted by atomic mass is 10.00. The molecule has 1 unspecified atom stereocenters. The number of hydrogen-bond donors (Lipinski definition) is 1. The standard InChI is InChI=1S/C24H15Cl2NO5S/c1-31-17-11-14(26)9-12-10-16(32-23(12)17)21(28)19-20(18-3-2-8-33-18)27(24(30)22(19)29)15-6-4-13(25)5-7-15/h2-11,20,29H,1H3. The number of anilines is 1. The first kappa shape index (κ1) is 21.6. The molecular weight excluding hydrogens is 485 g/mol. The average molecular weight is 500 g/mol. The van der Waals surface area contributed by atoms with Gasteiger partial charge in [0.05, 0.1) is 12.7 Å². The number of aliphatic hydroxyl groups excluding tert-OH is 1. The molecule has 1 N–H and O–H groups in total. The first-order valence-corrected chi connectivity index (χ1v) is 11.4. The highest BCUT2D eigenvalue weighted by Crippen LogP contribution is 2.44. The third-order valence-corrected chi connectivity index (χ3v) is 6.76. The quantitative estimate of drug-likeness (QED) is 0.313. The number of carbonyl (C=O) groups excluding carboxylic acids is 2. The van der Waals surface area contributed by atoms with Crippen LogP contribution in [0.1, 0.15) is 21.5 Å². The van der Waals surface area contributed by atoms with Crippen molar-refractivity contribution in [2.24, 2.45) is 0 Å². The Morgan fingerprint density at radius 3 is 2.55 bits per heavy atom. The Labute approximate surface area is 202 Å². The number of ether oxygens (including phenoxy) is 1. The number of rotatable bonds is 5. The van der Waals surface area contributed by atoms with Crippen LogP contribution in [0.4, 0.5) is 5.69 Å². The summed E-state index contributed by atoms with van der Waals surface area (Å²) in [5, 5.41) is 14.1. The van der Waals surface area contributed by atoms with Crippen molar-refractivity contribution >= 4 is 62.9 Å². The molecule has 4 aromatic rings. The molecule has 0 saturated heterocycles. The number of amides is 1. The molecule has 1 atom stereocenters. The maximum absolute atomic E-state index is 13.6. The topological polar surface area (TPSA) is 80.0 Å². The Morgan fingerprint density at radius 1 is 1.12 bits per heavy atom. The molecule has 166 valence electrons. The summed E-state index contributed by atoms with van der Waals surface area (Å²) in [6.07, 6.45) is 0. The highest BCUT2D eigenvalue weighted by molar-refractivity contribution is 7.10.